The quantitative estimate of drug-likeness (QED) is 0.107. The molecule has 0 aliphatic rings. The van der Waals surface area contributed by atoms with Gasteiger partial charge in [-0.25, -0.2) is 0 Å². The summed E-state index contributed by atoms with van der Waals surface area (Å²) in [6.07, 6.45) is 24.4. The molecule has 0 saturated carbocycles. The van der Waals surface area contributed by atoms with Crippen LogP contribution in [-0.2, 0) is 23.8 Å². The predicted octanol–water partition coefficient (Wildman–Crippen LogP) is 7.04. The molecule has 5 nitrogen and oxygen atoms in total. The van der Waals surface area contributed by atoms with Gasteiger partial charge in [0.25, 0.3) is 10.1 Å². The molecule has 0 rings (SSSR count). The minimum Gasteiger partial charge on any atom is -0.379 e. The van der Waals surface area contributed by atoms with Crippen LogP contribution in [-0.4, -0.2) is 47.7 Å². The SMILES string of the molecule is CCCCCCCCCCCCCCCCCCOCC(CCCOS(C)(=O)=O)OC. The molecule has 6 heteroatoms. The summed E-state index contributed by atoms with van der Waals surface area (Å²) in [6, 6.07) is 0. The zero-order valence-electron chi connectivity index (χ0n) is 20.9. The molecule has 0 fully saturated rings. The van der Waals surface area contributed by atoms with Crippen LogP contribution in [0.3, 0.4) is 0 Å². The van der Waals surface area contributed by atoms with Crippen LogP contribution >= 0.6 is 0 Å². The van der Waals surface area contributed by atoms with Gasteiger partial charge in [-0.15, -0.1) is 0 Å². The van der Waals surface area contributed by atoms with Crippen molar-refractivity contribution >= 4 is 10.1 Å². The summed E-state index contributed by atoms with van der Waals surface area (Å²) in [6.45, 7) is 3.82. The molecular formula is C25H52O5S. The first-order valence-electron chi connectivity index (χ1n) is 12.9. The van der Waals surface area contributed by atoms with Crippen molar-refractivity contribution in [2.75, 3.05) is 33.2 Å². The summed E-state index contributed by atoms with van der Waals surface area (Å²) in [5.74, 6) is 0. The molecule has 31 heavy (non-hydrogen) atoms. The van der Waals surface area contributed by atoms with E-state index in [9.17, 15) is 8.42 Å². The van der Waals surface area contributed by atoms with Gasteiger partial charge in [-0.1, -0.05) is 103 Å². The van der Waals surface area contributed by atoms with E-state index in [4.69, 9.17) is 13.7 Å². The normalized spacial score (nSPS) is 13.0. The van der Waals surface area contributed by atoms with E-state index < -0.39 is 10.1 Å². The number of methoxy groups -OCH3 is 1. The number of hydrogen-bond acceptors (Lipinski definition) is 5. The van der Waals surface area contributed by atoms with Crippen molar-refractivity contribution in [2.45, 2.75) is 129 Å². The Morgan fingerprint density at radius 2 is 1.10 bits per heavy atom. The van der Waals surface area contributed by atoms with Gasteiger partial charge >= 0.3 is 0 Å². The van der Waals surface area contributed by atoms with Crippen molar-refractivity contribution in [3.63, 3.8) is 0 Å². The molecule has 0 saturated heterocycles. The summed E-state index contributed by atoms with van der Waals surface area (Å²) < 4.78 is 37.7. The minimum absolute atomic E-state index is 0.00391. The van der Waals surface area contributed by atoms with Crippen LogP contribution in [0, 0.1) is 0 Å². The van der Waals surface area contributed by atoms with Gasteiger partial charge in [-0.05, 0) is 19.3 Å². The highest BCUT2D eigenvalue weighted by molar-refractivity contribution is 7.85. The Morgan fingerprint density at radius 3 is 1.52 bits per heavy atom. The van der Waals surface area contributed by atoms with Gasteiger partial charge in [-0.2, -0.15) is 8.42 Å². The average Bonchev–Trinajstić information content (AvgIpc) is 2.73. The van der Waals surface area contributed by atoms with Crippen molar-refractivity contribution in [3.05, 3.63) is 0 Å². The Balaban J connectivity index is 3.26. The second-order valence-electron chi connectivity index (χ2n) is 8.90. The topological polar surface area (TPSA) is 61.8 Å². The van der Waals surface area contributed by atoms with E-state index in [0.717, 1.165) is 25.7 Å². The molecule has 0 N–H and O–H groups in total. The third-order valence-electron chi connectivity index (χ3n) is 5.75. The Labute approximate surface area is 194 Å². The fourth-order valence-corrected chi connectivity index (χ4v) is 4.18. The first-order valence-corrected chi connectivity index (χ1v) is 14.8. The third kappa shape index (κ3) is 26.0. The minimum atomic E-state index is -3.35. The second kappa shape index (κ2) is 23.0. The van der Waals surface area contributed by atoms with Crippen LogP contribution in [0.4, 0.5) is 0 Å². The Morgan fingerprint density at radius 1 is 0.645 bits per heavy atom. The van der Waals surface area contributed by atoms with Crippen molar-refractivity contribution < 1.29 is 22.1 Å². The Hall–Kier alpha value is -0.170. The maximum atomic E-state index is 10.9. The largest absolute Gasteiger partial charge is 0.379 e. The average molecular weight is 465 g/mol. The molecule has 188 valence electrons. The van der Waals surface area contributed by atoms with Gasteiger partial charge in [-0.3, -0.25) is 4.18 Å². The zero-order valence-corrected chi connectivity index (χ0v) is 21.7. The lowest BCUT2D eigenvalue weighted by atomic mass is 10.0. The lowest BCUT2D eigenvalue weighted by Crippen LogP contribution is -2.19. The maximum Gasteiger partial charge on any atom is 0.264 e. The van der Waals surface area contributed by atoms with E-state index in [0.29, 0.717) is 13.0 Å². The van der Waals surface area contributed by atoms with Gasteiger partial charge in [0.15, 0.2) is 0 Å². The molecule has 1 atom stereocenters. The van der Waals surface area contributed by atoms with E-state index in [1.165, 1.54) is 96.3 Å². The molecular weight excluding hydrogens is 412 g/mol. The fraction of sp³-hybridized carbons (Fsp3) is 1.00. The van der Waals surface area contributed by atoms with Crippen LogP contribution in [0.25, 0.3) is 0 Å². The summed E-state index contributed by atoms with van der Waals surface area (Å²) >= 11 is 0. The molecule has 0 bridgehead atoms. The second-order valence-corrected chi connectivity index (χ2v) is 10.5. The Bertz CT molecular complexity index is 453. The maximum absolute atomic E-state index is 10.9. The monoisotopic (exact) mass is 464 g/mol. The number of hydrogen-bond donors (Lipinski definition) is 0. The van der Waals surface area contributed by atoms with Crippen LogP contribution in [0.5, 0.6) is 0 Å². The van der Waals surface area contributed by atoms with E-state index in [1.54, 1.807) is 7.11 Å². The van der Waals surface area contributed by atoms with Gasteiger partial charge in [0, 0.05) is 13.7 Å². The summed E-state index contributed by atoms with van der Waals surface area (Å²) in [5, 5.41) is 0. The number of ether oxygens (including phenoxy) is 2. The van der Waals surface area contributed by atoms with Crippen LogP contribution in [0.1, 0.15) is 122 Å². The third-order valence-corrected chi connectivity index (χ3v) is 6.34. The van der Waals surface area contributed by atoms with Crippen molar-refractivity contribution in [3.8, 4) is 0 Å². The zero-order chi connectivity index (χ0) is 23.0. The first kappa shape index (κ1) is 30.8. The predicted molar refractivity (Wildman–Crippen MR) is 131 cm³/mol. The highest BCUT2D eigenvalue weighted by atomic mass is 32.2. The van der Waals surface area contributed by atoms with Gasteiger partial charge in [0.05, 0.1) is 25.6 Å². The lowest BCUT2D eigenvalue weighted by Gasteiger charge is -2.15. The van der Waals surface area contributed by atoms with E-state index in [1.807, 2.05) is 0 Å². The van der Waals surface area contributed by atoms with E-state index in [2.05, 4.69) is 6.92 Å². The molecule has 0 aliphatic heterocycles. The number of rotatable bonds is 25. The molecule has 0 spiro atoms. The van der Waals surface area contributed by atoms with E-state index >= 15 is 0 Å². The van der Waals surface area contributed by atoms with Crippen LogP contribution in [0.15, 0.2) is 0 Å². The van der Waals surface area contributed by atoms with Gasteiger partial charge < -0.3 is 9.47 Å². The lowest BCUT2D eigenvalue weighted by molar-refractivity contribution is 0.00106. The number of unbranched alkanes of at least 4 members (excludes halogenated alkanes) is 15. The molecule has 0 radical (unpaired) electrons. The van der Waals surface area contributed by atoms with Gasteiger partial charge in [0.2, 0.25) is 0 Å². The smallest absolute Gasteiger partial charge is 0.264 e. The highest BCUT2D eigenvalue weighted by Gasteiger charge is 2.09. The summed E-state index contributed by atoms with van der Waals surface area (Å²) in [5.41, 5.74) is 0. The van der Waals surface area contributed by atoms with E-state index in [-0.39, 0.29) is 12.7 Å². The molecule has 0 aromatic heterocycles. The molecule has 0 amide bonds. The molecule has 0 heterocycles. The fourth-order valence-electron chi connectivity index (χ4n) is 3.76. The van der Waals surface area contributed by atoms with Crippen molar-refractivity contribution in [2.24, 2.45) is 0 Å². The highest BCUT2D eigenvalue weighted by Crippen LogP contribution is 2.14. The van der Waals surface area contributed by atoms with Crippen molar-refractivity contribution in [1.82, 2.24) is 0 Å². The molecule has 0 aromatic rings. The molecule has 1 unspecified atom stereocenters. The Kier molecular flexibility index (Phi) is 22.9. The van der Waals surface area contributed by atoms with Gasteiger partial charge in [0.1, 0.15) is 0 Å². The van der Waals surface area contributed by atoms with Crippen molar-refractivity contribution in [1.29, 1.82) is 0 Å². The summed E-state index contributed by atoms with van der Waals surface area (Å²) in [7, 11) is -1.68. The molecule has 0 aliphatic carbocycles. The van der Waals surface area contributed by atoms with Crippen LogP contribution < -0.4 is 0 Å². The standard InChI is InChI=1S/C25H52O5S/c1-4-5-6-7-8-9-10-11-12-13-14-15-16-17-18-19-22-29-24-25(28-2)21-20-23-30-31(3,26)27/h25H,4-24H2,1-3H3. The van der Waals surface area contributed by atoms with Crippen LogP contribution in [0.2, 0.25) is 0 Å². The first-order chi connectivity index (χ1) is 15.0. The summed E-state index contributed by atoms with van der Waals surface area (Å²) in [4.78, 5) is 0. The molecule has 0 aromatic carbocycles.